The lowest BCUT2D eigenvalue weighted by molar-refractivity contribution is 0.189. The smallest absolute Gasteiger partial charge is 0.193 e. The second kappa shape index (κ2) is 8.15. The van der Waals surface area contributed by atoms with Crippen molar-refractivity contribution in [2.45, 2.75) is 38.6 Å². The van der Waals surface area contributed by atoms with E-state index in [0.29, 0.717) is 23.8 Å². The molecule has 2 fully saturated rings. The highest BCUT2D eigenvalue weighted by Crippen LogP contribution is 2.47. The van der Waals surface area contributed by atoms with Crippen LogP contribution in [-0.2, 0) is 0 Å². The Labute approximate surface area is 162 Å². The number of nitrogens with one attached hydrogen (secondary N) is 1. The summed E-state index contributed by atoms with van der Waals surface area (Å²) in [7, 11) is 0. The standard InChI is InChI=1S/C22H31N5/c1-3-24-22(25-14-19-13-20(19)18-7-5-4-6-8-18)26-11-9-17(2)21(15-26)27-12-10-23-16-27/h4-8,10,12,16-17,19-21H,3,9,11,13-15H2,1-2H3,(H,24,25). The SMILES string of the molecule is CCNC(=NCC1CC1c1ccccc1)N1CCC(C)C(n2ccnc2)C1. The molecule has 2 aromatic rings. The molecule has 5 nitrogen and oxygen atoms in total. The average Bonchev–Trinajstić information content (AvgIpc) is 3.27. The molecular formula is C22H31N5. The number of aromatic nitrogens is 2. The van der Waals surface area contributed by atoms with Crippen LogP contribution >= 0.6 is 0 Å². The Morgan fingerprint density at radius 1 is 1.30 bits per heavy atom. The predicted octanol–water partition coefficient (Wildman–Crippen LogP) is 3.54. The fourth-order valence-corrected chi connectivity index (χ4v) is 4.28. The first kappa shape index (κ1) is 18.1. The summed E-state index contributed by atoms with van der Waals surface area (Å²) < 4.78 is 2.26. The quantitative estimate of drug-likeness (QED) is 0.651. The molecule has 0 spiro atoms. The highest BCUT2D eigenvalue weighted by Gasteiger charge is 2.38. The lowest BCUT2D eigenvalue weighted by Crippen LogP contribution is -2.49. The Morgan fingerprint density at radius 2 is 2.15 bits per heavy atom. The first-order valence-corrected chi connectivity index (χ1v) is 10.3. The van der Waals surface area contributed by atoms with Gasteiger partial charge >= 0.3 is 0 Å². The van der Waals surface area contributed by atoms with Gasteiger partial charge in [-0.15, -0.1) is 0 Å². The summed E-state index contributed by atoms with van der Waals surface area (Å²) in [5.41, 5.74) is 1.47. The Kier molecular flexibility index (Phi) is 5.46. The summed E-state index contributed by atoms with van der Waals surface area (Å²) in [4.78, 5) is 11.7. The van der Waals surface area contributed by atoms with Gasteiger partial charge in [-0.05, 0) is 43.1 Å². The molecule has 4 unspecified atom stereocenters. The van der Waals surface area contributed by atoms with E-state index in [1.807, 2.05) is 12.5 Å². The van der Waals surface area contributed by atoms with Gasteiger partial charge in [-0.1, -0.05) is 37.3 Å². The Morgan fingerprint density at radius 3 is 2.89 bits per heavy atom. The summed E-state index contributed by atoms with van der Waals surface area (Å²) in [6, 6.07) is 11.3. The van der Waals surface area contributed by atoms with Crippen LogP contribution in [0.25, 0.3) is 0 Å². The van der Waals surface area contributed by atoms with Crippen molar-refractivity contribution in [1.29, 1.82) is 0 Å². The van der Waals surface area contributed by atoms with Gasteiger partial charge < -0.3 is 14.8 Å². The maximum absolute atomic E-state index is 5.02. The van der Waals surface area contributed by atoms with Gasteiger partial charge in [0.25, 0.3) is 0 Å². The average molecular weight is 366 g/mol. The van der Waals surface area contributed by atoms with Crippen molar-refractivity contribution >= 4 is 5.96 Å². The molecule has 5 heteroatoms. The number of piperidine rings is 1. The fraction of sp³-hybridized carbons (Fsp3) is 0.545. The van der Waals surface area contributed by atoms with Gasteiger partial charge in [0.2, 0.25) is 0 Å². The third-order valence-corrected chi connectivity index (χ3v) is 6.09. The summed E-state index contributed by atoms with van der Waals surface area (Å²) >= 11 is 0. The molecule has 0 amide bonds. The minimum absolute atomic E-state index is 0.461. The predicted molar refractivity (Wildman–Crippen MR) is 110 cm³/mol. The van der Waals surface area contributed by atoms with Crippen molar-refractivity contribution in [3.63, 3.8) is 0 Å². The van der Waals surface area contributed by atoms with E-state index in [0.717, 1.165) is 32.1 Å². The van der Waals surface area contributed by atoms with E-state index < -0.39 is 0 Å². The lowest BCUT2D eigenvalue weighted by Gasteiger charge is -2.39. The first-order chi connectivity index (χ1) is 13.3. The van der Waals surface area contributed by atoms with Crippen LogP contribution < -0.4 is 5.32 Å². The van der Waals surface area contributed by atoms with Crippen LogP contribution in [0.5, 0.6) is 0 Å². The second-order valence-corrected chi connectivity index (χ2v) is 8.00. The minimum atomic E-state index is 0.461. The summed E-state index contributed by atoms with van der Waals surface area (Å²) in [5, 5.41) is 3.52. The molecule has 1 aromatic carbocycles. The number of hydrogen-bond acceptors (Lipinski definition) is 2. The van der Waals surface area contributed by atoms with Crippen LogP contribution in [0.3, 0.4) is 0 Å². The summed E-state index contributed by atoms with van der Waals surface area (Å²) in [6.07, 6.45) is 8.36. The third kappa shape index (κ3) is 4.18. The molecule has 2 heterocycles. The molecule has 1 aromatic heterocycles. The zero-order valence-corrected chi connectivity index (χ0v) is 16.5. The molecule has 4 atom stereocenters. The molecule has 0 radical (unpaired) electrons. The lowest BCUT2D eigenvalue weighted by atomic mass is 9.93. The summed E-state index contributed by atoms with van der Waals surface area (Å²) in [5.74, 6) is 3.12. The molecule has 27 heavy (non-hydrogen) atoms. The van der Waals surface area contributed by atoms with Gasteiger partial charge in [0.05, 0.1) is 12.4 Å². The molecule has 1 aliphatic carbocycles. The number of guanidine groups is 1. The van der Waals surface area contributed by atoms with Crippen LogP contribution in [0.1, 0.15) is 44.2 Å². The molecule has 1 N–H and O–H groups in total. The van der Waals surface area contributed by atoms with Crippen LogP contribution in [0, 0.1) is 11.8 Å². The van der Waals surface area contributed by atoms with Gasteiger partial charge in [0.15, 0.2) is 5.96 Å². The van der Waals surface area contributed by atoms with E-state index >= 15 is 0 Å². The van der Waals surface area contributed by atoms with E-state index in [9.17, 15) is 0 Å². The van der Waals surface area contributed by atoms with Gasteiger partial charge in [-0.2, -0.15) is 0 Å². The number of rotatable bonds is 5. The maximum atomic E-state index is 5.02. The van der Waals surface area contributed by atoms with Gasteiger partial charge in [-0.25, -0.2) is 4.98 Å². The fourth-order valence-electron chi connectivity index (χ4n) is 4.28. The molecule has 1 aliphatic heterocycles. The van der Waals surface area contributed by atoms with Crippen molar-refractivity contribution in [2.24, 2.45) is 16.8 Å². The Bertz CT molecular complexity index is 739. The number of nitrogens with zero attached hydrogens (tertiary/aromatic N) is 4. The van der Waals surface area contributed by atoms with E-state index in [2.05, 4.69) is 70.1 Å². The highest BCUT2D eigenvalue weighted by molar-refractivity contribution is 5.80. The zero-order chi connectivity index (χ0) is 18.6. The molecular weight excluding hydrogens is 334 g/mol. The molecule has 2 aliphatic rings. The molecule has 0 bridgehead atoms. The van der Waals surface area contributed by atoms with Crippen LogP contribution in [-0.4, -0.2) is 46.6 Å². The highest BCUT2D eigenvalue weighted by atomic mass is 15.3. The topological polar surface area (TPSA) is 45.5 Å². The Hall–Kier alpha value is -2.30. The number of aliphatic imine (C=N–C) groups is 1. The molecule has 1 saturated carbocycles. The normalized spacial score (nSPS) is 28.2. The first-order valence-electron chi connectivity index (χ1n) is 10.3. The van der Waals surface area contributed by atoms with Crippen LogP contribution in [0.2, 0.25) is 0 Å². The molecule has 144 valence electrons. The van der Waals surface area contributed by atoms with E-state index in [1.54, 1.807) is 0 Å². The van der Waals surface area contributed by atoms with Crippen molar-refractivity contribution in [3.05, 3.63) is 54.6 Å². The van der Waals surface area contributed by atoms with Gasteiger partial charge in [-0.3, -0.25) is 4.99 Å². The zero-order valence-electron chi connectivity index (χ0n) is 16.5. The Balaban J connectivity index is 1.41. The van der Waals surface area contributed by atoms with E-state index in [-0.39, 0.29) is 0 Å². The number of benzene rings is 1. The molecule has 4 rings (SSSR count). The largest absolute Gasteiger partial charge is 0.357 e. The van der Waals surface area contributed by atoms with Crippen molar-refractivity contribution in [1.82, 2.24) is 19.8 Å². The van der Waals surface area contributed by atoms with E-state index in [1.165, 1.54) is 18.4 Å². The number of likely N-dealkylation sites (tertiary alicyclic amines) is 1. The van der Waals surface area contributed by atoms with E-state index in [4.69, 9.17) is 4.99 Å². The monoisotopic (exact) mass is 365 g/mol. The van der Waals surface area contributed by atoms with Crippen LogP contribution in [0.15, 0.2) is 54.0 Å². The number of hydrogen-bond donors (Lipinski definition) is 1. The van der Waals surface area contributed by atoms with Crippen molar-refractivity contribution < 1.29 is 0 Å². The maximum Gasteiger partial charge on any atom is 0.193 e. The third-order valence-electron chi connectivity index (χ3n) is 6.09. The second-order valence-electron chi connectivity index (χ2n) is 8.00. The van der Waals surface area contributed by atoms with Crippen molar-refractivity contribution in [3.8, 4) is 0 Å². The van der Waals surface area contributed by atoms with Gasteiger partial charge in [0.1, 0.15) is 0 Å². The summed E-state index contributed by atoms with van der Waals surface area (Å²) in [6.45, 7) is 8.40. The molecule has 1 saturated heterocycles. The minimum Gasteiger partial charge on any atom is -0.357 e. The van der Waals surface area contributed by atoms with Crippen molar-refractivity contribution in [2.75, 3.05) is 26.2 Å². The van der Waals surface area contributed by atoms with Gasteiger partial charge in [0, 0.05) is 38.6 Å². The number of imidazole rings is 1. The van der Waals surface area contributed by atoms with Crippen LogP contribution in [0.4, 0.5) is 0 Å².